The van der Waals surface area contributed by atoms with Gasteiger partial charge in [0, 0.05) is 24.6 Å². The summed E-state index contributed by atoms with van der Waals surface area (Å²) < 4.78 is 4.94. The fraction of sp³-hybridized carbons (Fsp3) is 0.529. The van der Waals surface area contributed by atoms with E-state index in [0.29, 0.717) is 19.6 Å². The number of Topliss-reactive ketones (excluding diaryl/α,β-unsaturated/α-hetero) is 1. The van der Waals surface area contributed by atoms with Gasteiger partial charge in [-0.15, -0.1) is 0 Å². The highest BCUT2D eigenvalue weighted by Gasteiger charge is 2.26. The molecule has 1 unspecified atom stereocenters. The molecule has 0 bridgehead atoms. The quantitative estimate of drug-likeness (QED) is 0.596. The molecule has 1 atom stereocenters. The molecule has 2 rings (SSSR count). The molecule has 0 aromatic heterocycles. The third-order valence-electron chi connectivity index (χ3n) is 3.87. The van der Waals surface area contributed by atoms with E-state index in [4.69, 9.17) is 4.74 Å². The second-order valence-electron chi connectivity index (χ2n) is 5.43. The first-order valence-electron chi connectivity index (χ1n) is 7.68. The lowest BCUT2D eigenvalue weighted by atomic mass is 9.90. The molecule has 1 aromatic rings. The zero-order valence-electron chi connectivity index (χ0n) is 12.6. The Balaban J connectivity index is 1.86. The summed E-state index contributed by atoms with van der Waals surface area (Å²) in [5.41, 5.74) is 0.787. The Labute approximate surface area is 126 Å². The summed E-state index contributed by atoms with van der Waals surface area (Å²) in [4.78, 5) is 26.1. The molecule has 4 heteroatoms. The first kappa shape index (κ1) is 15.7. The lowest BCUT2D eigenvalue weighted by Crippen LogP contribution is -2.39. The molecule has 1 aliphatic rings. The molecule has 114 valence electrons. The van der Waals surface area contributed by atoms with Crippen LogP contribution >= 0.6 is 0 Å². The SMILES string of the molecule is CCOC(=O)CCN1CCCC(C(=O)c2ccccc2)C1. The zero-order chi connectivity index (χ0) is 15.1. The number of rotatable bonds is 6. The van der Waals surface area contributed by atoms with Gasteiger partial charge in [-0.3, -0.25) is 9.59 Å². The van der Waals surface area contributed by atoms with Gasteiger partial charge in [0.2, 0.25) is 0 Å². The van der Waals surface area contributed by atoms with E-state index in [1.807, 2.05) is 37.3 Å². The molecule has 0 radical (unpaired) electrons. The predicted molar refractivity (Wildman–Crippen MR) is 81.2 cm³/mol. The summed E-state index contributed by atoms with van der Waals surface area (Å²) in [6, 6.07) is 9.46. The Morgan fingerprint density at radius 2 is 2.05 bits per heavy atom. The van der Waals surface area contributed by atoms with E-state index in [1.54, 1.807) is 0 Å². The number of hydrogen-bond donors (Lipinski definition) is 0. The lowest BCUT2D eigenvalue weighted by Gasteiger charge is -2.31. The van der Waals surface area contributed by atoms with Crippen molar-refractivity contribution in [1.82, 2.24) is 4.90 Å². The van der Waals surface area contributed by atoms with Crippen molar-refractivity contribution in [3.8, 4) is 0 Å². The molecule has 1 aliphatic heterocycles. The molecule has 0 saturated carbocycles. The van der Waals surface area contributed by atoms with Crippen molar-refractivity contribution in [2.24, 2.45) is 5.92 Å². The van der Waals surface area contributed by atoms with Crippen molar-refractivity contribution >= 4 is 11.8 Å². The number of benzene rings is 1. The minimum absolute atomic E-state index is 0.0448. The van der Waals surface area contributed by atoms with Gasteiger partial charge in [-0.05, 0) is 26.3 Å². The monoisotopic (exact) mass is 289 g/mol. The standard InChI is InChI=1S/C17H23NO3/c1-2-21-16(19)10-12-18-11-6-9-15(13-18)17(20)14-7-4-3-5-8-14/h3-5,7-8,15H,2,6,9-13H2,1H3. The molecular weight excluding hydrogens is 266 g/mol. The number of nitrogens with zero attached hydrogens (tertiary/aromatic N) is 1. The number of carbonyl (C=O) groups excluding carboxylic acids is 2. The van der Waals surface area contributed by atoms with Crippen LogP contribution in [0.15, 0.2) is 30.3 Å². The molecule has 21 heavy (non-hydrogen) atoms. The van der Waals surface area contributed by atoms with Crippen LogP contribution in [0.1, 0.15) is 36.5 Å². The number of ether oxygens (including phenoxy) is 1. The third kappa shape index (κ3) is 4.67. The van der Waals surface area contributed by atoms with Gasteiger partial charge in [0.25, 0.3) is 0 Å². The number of hydrogen-bond acceptors (Lipinski definition) is 4. The van der Waals surface area contributed by atoms with Crippen LogP contribution in [0.2, 0.25) is 0 Å². The summed E-state index contributed by atoms with van der Waals surface area (Å²) in [5.74, 6) is 0.105. The summed E-state index contributed by atoms with van der Waals surface area (Å²) in [6.45, 7) is 4.61. The molecule has 0 amide bonds. The minimum atomic E-state index is -0.158. The highest BCUT2D eigenvalue weighted by Crippen LogP contribution is 2.21. The highest BCUT2D eigenvalue weighted by molar-refractivity contribution is 5.98. The Bertz CT molecular complexity index is 472. The Kier molecular flexibility index (Phi) is 5.93. The zero-order valence-corrected chi connectivity index (χ0v) is 12.6. The van der Waals surface area contributed by atoms with Gasteiger partial charge in [-0.1, -0.05) is 30.3 Å². The third-order valence-corrected chi connectivity index (χ3v) is 3.87. The molecular formula is C17H23NO3. The van der Waals surface area contributed by atoms with Crippen LogP contribution in [0.5, 0.6) is 0 Å². The maximum Gasteiger partial charge on any atom is 0.307 e. The number of esters is 1. The van der Waals surface area contributed by atoms with Crippen molar-refractivity contribution in [3.63, 3.8) is 0 Å². The first-order valence-corrected chi connectivity index (χ1v) is 7.68. The number of piperidine rings is 1. The second-order valence-corrected chi connectivity index (χ2v) is 5.43. The lowest BCUT2D eigenvalue weighted by molar-refractivity contribution is -0.143. The normalized spacial score (nSPS) is 19.2. The molecule has 1 saturated heterocycles. The van der Waals surface area contributed by atoms with Crippen LogP contribution in [-0.2, 0) is 9.53 Å². The molecule has 1 aromatic carbocycles. The van der Waals surface area contributed by atoms with E-state index in [2.05, 4.69) is 4.90 Å². The fourth-order valence-corrected chi connectivity index (χ4v) is 2.79. The van der Waals surface area contributed by atoms with Gasteiger partial charge in [0.1, 0.15) is 0 Å². The summed E-state index contributed by atoms with van der Waals surface area (Å²) in [5, 5.41) is 0. The van der Waals surface area contributed by atoms with Crippen LogP contribution in [0.3, 0.4) is 0 Å². The van der Waals surface area contributed by atoms with Crippen LogP contribution in [-0.4, -0.2) is 42.9 Å². The average molecular weight is 289 g/mol. The van der Waals surface area contributed by atoms with Crippen molar-refractivity contribution in [2.75, 3.05) is 26.2 Å². The van der Waals surface area contributed by atoms with E-state index < -0.39 is 0 Å². The number of ketones is 1. The van der Waals surface area contributed by atoms with Crippen molar-refractivity contribution in [3.05, 3.63) is 35.9 Å². The van der Waals surface area contributed by atoms with E-state index in [0.717, 1.165) is 31.5 Å². The second kappa shape index (κ2) is 7.93. The Morgan fingerprint density at radius 3 is 2.76 bits per heavy atom. The van der Waals surface area contributed by atoms with Gasteiger partial charge in [-0.2, -0.15) is 0 Å². The summed E-state index contributed by atoms with van der Waals surface area (Å²) >= 11 is 0. The van der Waals surface area contributed by atoms with Crippen LogP contribution < -0.4 is 0 Å². The molecule has 1 fully saturated rings. The summed E-state index contributed by atoms with van der Waals surface area (Å²) in [6.07, 6.45) is 2.34. The van der Waals surface area contributed by atoms with Crippen molar-refractivity contribution < 1.29 is 14.3 Å². The molecule has 0 N–H and O–H groups in total. The van der Waals surface area contributed by atoms with Crippen LogP contribution in [0.25, 0.3) is 0 Å². The Hall–Kier alpha value is -1.68. The maximum atomic E-state index is 12.5. The Morgan fingerprint density at radius 1 is 1.29 bits per heavy atom. The molecule has 0 aliphatic carbocycles. The number of carbonyl (C=O) groups is 2. The van der Waals surface area contributed by atoms with E-state index >= 15 is 0 Å². The predicted octanol–water partition coefficient (Wildman–Crippen LogP) is 2.53. The van der Waals surface area contributed by atoms with Gasteiger partial charge < -0.3 is 9.64 Å². The van der Waals surface area contributed by atoms with Crippen LogP contribution in [0.4, 0.5) is 0 Å². The number of likely N-dealkylation sites (tertiary alicyclic amines) is 1. The maximum absolute atomic E-state index is 12.5. The topological polar surface area (TPSA) is 46.6 Å². The fourth-order valence-electron chi connectivity index (χ4n) is 2.79. The van der Waals surface area contributed by atoms with Crippen LogP contribution in [0, 0.1) is 5.92 Å². The largest absolute Gasteiger partial charge is 0.466 e. The van der Waals surface area contributed by atoms with Gasteiger partial charge in [0.15, 0.2) is 5.78 Å². The van der Waals surface area contributed by atoms with Crippen molar-refractivity contribution in [2.45, 2.75) is 26.2 Å². The van der Waals surface area contributed by atoms with E-state index in [9.17, 15) is 9.59 Å². The smallest absolute Gasteiger partial charge is 0.307 e. The highest BCUT2D eigenvalue weighted by atomic mass is 16.5. The van der Waals surface area contributed by atoms with Gasteiger partial charge in [-0.25, -0.2) is 0 Å². The van der Waals surface area contributed by atoms with Gasteiger partial charge in [0.05, 0.1) is 13.0 Å². The average Bonchev–Trinajstić information content (AvgIpc) is 2.54. The molecule has 4 nitrogen and oxygen atoms in total. The summed E-state index contributed by atoms with van der Waals surface area (Å²) in [7, 11) is 0. The minimum Gasteiger partial charge on any atom is -0.466 e. The molecule has 1 heterocycles. The van der Waals surface area contributed by atoms with Gasteiger partial charge >= 0.3 is 5.97 Å². The van der Waals surface area contributed by atoms with E-state index in [-0.39, 0.29) is 17.7 Å². The first-order chi connectivity index (χ1) is 10.2. The van der Waals surface area contributed by atoms with Crippen molar-refractivity contribution in [1.29, 1.82) is 0 Å². The van der Waals surface area contributed by atoms with E-state index in [1.165, 1.54) is 0 Å². The molecule has 0 spiro atoms.